The maximum absolute atomic E-state index is 14.8. The standard InChI is InChI=1S/C33H42O5S2/c1-22-9-13-24(14-10-22)33(25-15-11-23(2)12-16-25)28-8-6-5-7-27(28)29(20-40(33,37)38)39(35,36)21-32-18-17-26(19-30(32)34)31(32,3)4/h9-16,26,28,30,34H,5-8,17-21H2,1-4H3/t26-,28+,30-,32-/m1/s1. The van der Waals surface area contributed by atoms with Crippen molar-refractivity contribution in [3.63, 3.8) is 0 Å². The summed E-state index contributed by atoms with van der Waals surface area (Å²) in [7, 11) is -7.95. The summed E-state index contributed by atoms with van der Waals surface area (Å²) in [5.41, 5.74) is 3.28. The van der Waals surface area contributed by atoms with Crippen molar-refractivity contribution in [3.8, 4) is 0 Å². The molecule has 0 unspecified atom stereocenters. The number of aliphatic hydroxyl groups is 1. The average molecular weight is 583 g/mol. The Bertz CT molecular complexity index is 1520. The fourth-order valence-corrected chi connectivity index (χ4v) is 14.8. The molecule has 0 amide bonds. The maximum atomic E-state index is 14.8. The van der Waals surface area contributed by atoms with Crippen molar-refractivity contribution in [3.05, 3.63) is 81.3 Å². The Kier molecular flexibility index (Phi) is 6.53. The first-order chi connectivity index (χ1) is 18.8. The number of sulfone groups is 2. The third-order valence-corrected chi connectivity index (χ3v) is 16.1. The highest BCUT2D eigenvalue weighted by Gasteiger charge is 2.66. The molecule has 2 bridgehead atoms. The molecule has 1 heterocycles. The summed E-state index contributed by atoms with van der Waals surface area (Å²) < 4.78 is 57.2. The zero-order valence-electron chi connectivity index (χ0n) is 24.1. The van der Waals surface area contributed by atoms with E-state index in [0.29, 0.717) is 42.7 Å². The van der Waals surface area contributed by atoms with E-state index in [2.05, 4.69) is 13.8 Å². The summed E-state index contributed by atoms with van der Waals surface area (Å²) in [6.07, 6.45) is 4.45. The number of rotatable bonds is 5. The molecule has 7 heteroatoms. The Morgan fingerprint density at radius 3 is 1.98 bits per heavy atom. The van der Waals surface area contributed by atoms with Gasteiger partial charge < -0.3 is 5.11 Å². The van der Waals surface area contributed by atoms with Crippen LogP contribution < -0.4 is 0 Å². The van der Waals surface area contributed by atoms with Crippen LogP contribution in [-0.2, 0) is 24.4 Å². The van der Waals surface area contributed by atoms with Crippen molar-refractivity contribution < 1.29 is 21.9 Å². The molecule has 0 radical (unpaired) electrons. The van der Waals surface area contributed by atoms with E-state index < -0.39 is 47.6 Å². The lowest BCUT2D eigenvalue weighted by Gasteiger charge is -2.48. The van der Waals surface area contributed by atoms with Crippen LogP contribution in [0.15, 0.2) is 59.0 Å². The molecule has 0 aromatic heterocycles. The number of aryl methyl sites for hydroxylation is 2. The van der Waals surface area contributed by atoms with Gasteiger partial charge in [0, 0.05) is 11.3 Å². The lowest BCUT2D eigenvalue weighted by molar-refractivity contribution is 0.0154. The molecular formula is C33H42O5S2. The van der Waals surface area contributed by atoms with Crippen molar-refractivity contribution in [1.29, 1.82) is 0 Å². The number of hydrogen-bond acceptors (Lipinski definition) is 5. The van der Waals surface area contributed by atoms with Crippen molar-refractivity contribution in [2.75, 3.05) is 11.5 Å². The second-order valence-corrected chi connectivity index (χ2v) is 17.8. The summed E-state index contributed by atoms with van der Waals surface area (Å²) in [4.78, 5) is 0.125. The molecule has 216 valence electrons. The van der Waals surface area contributed by atoms with E-state index in [1.54, 1.807) is 0 Å². The summed E-state index contributed by atoms with van der Waals surface area (Å²) in [6, 6.07) is 15.5. The molecule has 1 N–H and O–H groups in total. The molecule has 3 saturated carbocycles. The topological polar surface area (TPSA) is 88.5 Å². The van der Waals surface area contributed by atoms with Crippen LogP contribution in [-0.4, -0.2) is 39.6 Å². The number of hydrogen-bond donors (Lipinski definition) is 1. The van der Waals surface area contributed by atoms with E-state index in [-0.39, 0.29) is 16.1 Å². The molecule has 5 nitrogen and oxygen atoms in total. The molecule has 1 aliphatic heterocycles. The molecule has 2 aromatic rings. The predicted molar refractivity (Wildman–Crippen MR) is 159 cm³/mol. The van der Waals surface area contributed by atoms with E-state index in [0.717, 1.165) is 36.0 Å². The minimum atomic E-state index is -4.01. The van der Waals surface area contributed by atoms with Gasteiger partial charge in [-0.3, -0.25) is 0 Å². The van der Waals surface area contributed by atoms with Gasteiger partial charge in [0.2, 0.25) is 0 Å². The smallest absolute Gasteiger partial charge is 0.176 e. The average Bonchev–Trinajstić information content (AvgIpc) is 3.24. The first kappa shape index (κ1) is 28.2. The highest BCUT2D eigenvalue weighted by molar-refractivity contribution is 7.98. The zero-order valence-corrected chi connectivity index (χ0v) is 25.7. The van der Waals surface area contributed by atoms with Gasteiger partial charge >= 0.3 is 0 Å². The van der Waals surface area contributed by atoms with Crippen molar-refractivity contribution in [2.24, 2.45) is 22.7 Å². The first-order valence-corrected chi connectivity index (χ1v) is 18.1. The van der Waals surface area contributed by atoms with E-state index in [9.17, 15) is 21.9 Å². The Hall–Kier alpha value is -1.96. The Morgan fingerprint density at radius 1 is 0.900 bits per heavy atom. The number of aliphatic hydroxyl groups excluding tert-OH is 1. The predicted octanol–water partition coefficient (Wildman–Crippen LogP) is 6.02. The second-order valence-electron chi connectivity index (χ2n) is 13.6. The largest absolute Gasteiger partial charge is 0.392 e. The molecule has 3 fully saturated rings. The van der Waals surface area contributed by atoms with Crippen LogP contribution in [0.4, 0.5) is 0 Å². The van der Waals surface area contributed by atoms with E-state index >= 15 is 0 Å². The summed E-state index contributed by atoms with van der Waals surface area (Å²) >= 11 is 0. The van der Waals surface area contributed by atoms with E-state index in [1.807, 2.05) is 62.4 Å². The zero-order chi connectivity index (χ0) is 28.7. The minimum Gasteiger partial charge on any atom is -0.392 e. The van der Waals surface area contributed by atoms with Gasteiger partial charge in [-0.05, 0) is 80.4 Å². The molecule has 6 rings (SSSR count). The van der Waals surface area contributed by atoms with Crippen molar-refractivity contribution in [2.45, 2.75) is 83.5 Å². The van der Waals surface area contributed by atoms with Crippen molar-refractivity contribution in [1.82, 2.24) is 0 Å². The number of benzene rings is 2. The molecular weight excluding hydrogens is 540 g/mol. The monoisotopic (exact) mass is 582 g/mol. The number of fused-ring (bicyclic) bond motifs is 3. The SMILES string of the molecule is Cc1ccc(C2(c3ccc(C)cc3)[C@H]3CCCCC3=C(S(=O)(=O)C[C@]34CC[C@H](C[C@H]3O)C4(C)C)CS2(=O)=O)cc1. The molecule has 0 spiro atoms. The third kappa shape index (κ3) is 3.79. The van der Waals surface area contributed by atoms with Gasteiger partial charge in [0.1, 0.15) is 4.75 Å². The van der Waals surface area contributed by atoms with Crippen LogP contribution in [0, 0.1) is 36.5 Å². The number of allylic oxidation sites excluding steroid dienone is 1. The molecule has 4 atom stereocenters. The van der Waals surface area contributed by atoms with Crippen LogP contribution in [0.5, 0.6) is 0 Å². The third-order valence-electron chi connectivity index (χ3n) is 11.4. The van der Waals surface area contributed by atoms with Crippen LogP contribution in [0.2, 0.25) is 0 Å². The Morgan fingerprint density at radius 2 is 1.48 bits per heavy atom. The van der Waals surface area contributed by atoms with Crippen LogP contribution in [0.1, 0.15) is 81.0 Å². The minimum absolute atomic E-state index is 0.125. The lowest BCUT2D eigenvalue weighted by atomic mass is 9.69. The van der Waals surface area contributed by atoms with Gasteiger partial charge in [0.15, 0.2) is 19.7 Å². The Balaban J connectivity index is 1.56. The molecule has 0 saturated heterocycles. The maximum Gasteiger partial charge on any atom is 0.176 e. The van der Waals surface area contributed by atoms with Crippen LogP contribution >= 0.6 is 0 Å². The van der Waals surface area contributed by atoms with E-state index in [1.165, 1.54) is 0 Å². The van der Waals surface area contributed by atoms with Gasteiger partial charge in [0.25, 0.3) is 0 Å². The van der Waals surface area contributed by atoms with Gasteiger partial charge in [0.05, 0.1) is 22.5 Å². The second kappa shape index (κ2) is 9.27. The van der Waals surface area contributed by atoms with Gasteiger partial charge in [-0.2, -0.15) is 0 Å². The molecule has 3 aliphatic carbocycles. The first-order valence-electron chi connectivity index (χ1n) is 14.8. The van der Waals surface area contributed by atoms with Gasteiger partial charge in [-0.15, -0.1) is 0 Å². The summed E-state index contributed by atoms with van der Waals surface area (Å²) in [6.45, 7) is 8.16. The quantitative estimate of drug-likeness (QED) is 0.466. The van der Waals surface area contributed by atoms with Crippen LogP contribution in [0.3, 0.4) is 0 Å². The summed E-state index contributed by atoms with van der Waals surface area (Å²) in [5, 5.41) is 11.1. The molecule has 4 aliphatic rings. The fourth-order valence-electron chi connectivity index (χ4n) is 9.02. The fraction of sp³-hybridized carbons (Fsp3) is 0.576. The molecule has 2 aromatic carbocycles. The normalized spacial score (nSPS) is 32.2. The Labute approximate surface area is 239 Å². The van der Waals surface area contributed by atoms with E-state index in [4.69, 9.17) is 0 Å². The highest BCUT2D eigenvalue weighted by atomic mass is 32.2. The lowest BCUT2D eigenvalue weighted by Crippen LogP contribution is -2.52. The van der Waals surface area contributed by atoms with Crippen molar-refractivity contribution >= 4 is 19.7 Å². The van der Waals surface area contributed by atoms with Gasteiger partial charge in [-0.25, -0.2) is 16.8 Å². The molecule has 40 heavy (non-hydrogen) atoms. The summed E-state index contributed by atoms with van der Waals surface area (Å²) in [5.74, 6) is -0.818. The highest BCUT2D eigenvalue weighted by Crippen LogP contribution is 2.67. The van der Waals surface area contributed by atoms with Gasteiger partial charge in [-0.1, -0.05) is 79.9 Å². The van der Waals surface area contributed by atoms with Crippen LogP contribution in [0.25, 0.3) is 0 Å².